The largest absolute Gasteiger partial charge is 0.400 e. The molecule has 17 heavy (non-hydrogen) atoms. The molecule has 2 aliphatic carbocycles. The van der Waals surface area contributed by atoms with Crippen molar-refractivity contribution >= 4 is 0 Å². The quantitative estimate of drug-likeness (QED) is 0.780. The fraction of sp³-hybridized carbons (Fsp3) is 1.00. The summed E-state index contributed by atoms with van der Waals surface area (Å²) in [6.45, 7) is 7.03. The predicted molar refractivity (Wildman–Crippen MR) is 71.8 cm³/mol. The summed E-state index contributed by atoms with van der Waals surface area (Å²) < 4.78 is 0. The van der Waals surface area contributed by atoms with E-state index in [1.807, 2.05) is 0 Å². The molecular weight excluding hydrogens is 212 g/mol. The first kappa shape index (κ1) is 15.0. The highest BCUT2D eigenvalue weighted by molar-refractivity contribution is 4.99. The lowest BCUT2D eigenvalue weighted by atomic mass is 9.63. The highest BCUT2D eigenvalue weighted by Crippen LogP contribution is 2.54. The summed E-state index contributed by atoms with van der Waals surface area (Å²) in [5.74, 6) is 2.62. The van der Waals surface area contributed by atoms with Gasteiger partial charge >= 0.3 is 0 Å². The molecule has 0 aromatic carbocycles. The van der Waals surface area contributed by atoms with Crippen molar-refractivity contribution in [1.82, 2.24) is 0 Å². The fourth-order valence-electron chi connectivity index (χ4n) is 3.88. The zero-order valence-corrected chi connectivity index (χ0v) is 11.9. The molecule has 0 spiro atoms. The van der Waals surface area contributed by atoms with E-state index in [1.54, 1.807) is 0 Å². The predicted octanol–water partition coefficient (Wildman–Crippen LogP) is 3.22. The van der Waals surface area contributed by atoms with Gasteiger partial charge < -0.3 is 10.2 Å². The second kappa shape index (κ2) is 6.19. The molecule has 102 valence electrons. The molecule has 0 aliphatic heterocycles. The summed E-state index contributed by atoms with van der Waals surface area (Å²) in [7, 11) is 1.00. The molecule has 0 saturated heterocycles. The fourth-order valence-corrected chi connectivity index (χ4v) is 3.88. The van der Waals surface area contributed by atoms with E-state index in [-0.39, 0.29) is 11.5 Å². The minimum absolute atomic E-state index is 0.0135. The van der Waals surface area contributed by atoms with Crippen molar-refractivity contribution in [2.45, 2.75) is 65.4 Å². The van der Waals surface area contributed by atoms with Crippen molar-refractivity contribution in [3.63, 3.8) is 0 Å². The van der Waals surface area contributed by atoms with Crippen molar-refractivity contribution in [2.24, 2.45) is 23.2 Å². The third kappa shape index (κ3) is 2.85. The molecule has 0 radical (unpaired) electrons. The van der Waals surface area contributed by atoms with Gasteiger partial charge in [0, 0.05) is 7.11 Å². The van der Waals surface area contributed by atoms with Gasteiger partial charge in [0.05, 0.1) is 6.10 Å². The monoisotopic (exact) mass is 242 g/mol. The smallest absolute Gasteiger partial charge is 0.0596 e. The van der Waals surface area contributed by atoms with Crippen LogP contribution < -0.4 is 0 Å². The van der Waals surface area contributed by atoms with Crippen LogP contribution in [0.4, 0.5) is 0 Å². The van der Waals surface area contributed by atoms with Gasteiger partial charge in [-0.2, -0.15) is 0 Å². The van der Waals surface area contributed by atoms with Gasteiger partial charge in [-0.25, -0.2) is 0 Å². The SMILES string of the molecule is CCC(C)C1CCC2(C)C(O)CCC2C1.CO. The molecule has 0 aromatic rings. The van der Waals surface area contributed by atoms with E-state index in [1.165, 1.54) is 32.1 Å². The molecule has 0 bridgehead atoms. The second-order valence-electron chi connectivity index (χ2n) is 6.22. The molecule has 2 saturated carbocycles. The maximum Gasteiger partial charge on any atom is 0.0596 e. The molecule has 2 rings (SSSR count). The Morgan fingerprint density at radius 3 is 2.47 bits per heavy atom. The topological polar surface area (TPSA) is 40.5 Å². The van der Waals surface area contributed by atoms with Crippen LogP contribution in [0.3, 0.4) is 0 Å². The standard InChI is InChI=1S/C14H26O.CH4O/c1-4-10(2)11-7-8-14(3)12(9-11)5-6-13(14)15;1-2/h10-13,15H,4-9H2,1-3H3;2H,1H3. The Kier molecular flexibility index (Phi) is 5.46. The van der Waals surface area contributed by atoms with Gasteiger partial charge in [-0.1, -0.05) is 27.2 Å². The third-order valence-electron chi connectivity index (χ3n) is 5.57. The summed E-state index contributed by atoms with van der Waals surface area (Å²) in [6.07, 6.45) is 7.60. The zero-order chi connectivity index (χ0) is 13.1. The van der Waals surface area contributed by atoms with Crippen LogP contribution in [0.15, 0.2) is 0 Å². The van der Waals surface area contributed by atoms with Crippen molar-refractivity contribution < 1.29 is 10.2 Å². The number of hydrogen-bond donors (Lipinski definition) is 2. The lowest BCUT2D eigenvalue weighted by molar-refractivity contribution is -0.00824. The number of aliphatic hydroxyl groups excluding tert-OH is 2. The molecule has 0 heterocycles. The Hall–Kier alpha value is -0.0800. The van der Waals surface area contributed by atoms with E-state index in [2.05, 4.69) is 20.8 Å². The van der Waals surface area contributed by atoms with Crippen molar-refractivity contribution in [2.75, 3.05) is 7.11 Å². The highest BCUT2D eigenvalue weighted by atomic mass is 16.3. The molecular formula is C15H30O2. The maximum atomic E-state index is 10.1. The van der Waals surface area contributed by atoms with Crippen LogP contribution in [0.25, 0.3) is 0 Å². The molecule has 2 N–H and O–H groups in total. The number of fused-ring (bicyclic) bond motifs is 1. The van der Waals surface area contributed by atoms with Crippen LogP contribution in [0, 0.1) is 23.2 Å². The average Bonchev–Trinajstić information content (AvgIpc) is 2.67. The summed E-state index contributed by atoms with van der Waals surface area (Å²) in [5, 5.41) is 17.1. The Balaban J connectivity index is 0.000000686. The first-order valence-corrected chi connectivity index (χ1v) is 7.20. The Bertz CT molecular complexity index is 229. The van der Waals surface area contributed by atoms with Gasteiger partial charge in [0.2, 0.25) is 0 Å². The summed E-state index contributed by atoms with van der Waals surface area (Å²) in [6, 6.07) is 0. The first-order valence-electron chi connectivity index (χ1n) is 7.20. The van der Waals surface area contributed by atoms with Crippen LogP contribution in [0.1, 0.15) is 59.3 Å². The molecule has 2 fully saturated rings. The second-order valence-corrected chi connectivity index (χ2v) is 6.22. The zero-order valence-electron chi connectivity index (χ0n) is 11.9. The van der Waals surface area contributed by atoms with E-state index in [0.717, 1.165) is 31.3 Å². The maximum absolute atomic E-state index is 10.1. The Morgan fingerprint density at radius 2 is 1.88 bits per heavy atom. The number of aliphatic hydroxyl groups is 2. The summed E-state index contributed by atoms with van der Waals surface area (Å²) in [5.41, 5.74) is 0.268. The minimum atomic E-state index is -0.0135. The van der Waals surface area contributed by atoms with Crippen LogP contribution in [-0.2, 0) is 0 Å². The number of hydrogen-bond acceptors (Lipinski definition) is 2. The summed E-state index contributed by atoms with van der Waals surface area (Å²) >= 11 is 0. The highest BCUT2D eigenvalue weighted by Gasteiger charge is 2.49. The van der Waals surface area contributed by atoms with Crippen molar-refractivity contribution in [3.8, 4) is 0 Å². The van der Waals surface area contributed by atoms with Crippen LogP contribution in [0.5, 0.6) is 0 Å². The normalized spacial score (nSPS) is 42.4. The lowest BCUT2D eigenvalue weighted by Crippen LogP contribution is -2.38. The minimum Gasteiger partial charge on any atom is -0.400 e. The van der Waals surface area contributed by atoms with Gasteiger partial charge in [0.15, 0.2) is 0 Å². The van der Waals surface area contributed by atoms with Crippen LogP contribution in [0.2, 0.25) is 0 Å². The van der Waals surface area contributed by atoms with Crippen molar-refractivity contribution in [3.05, 3.63) is 0 Å². The Labute approximate surface area is 106 Å². The van der Waals surface area contributed by atoms with Crippen LogP contribution in [-0.4, -0.2) is 23.4 Å². The van der Waals surface area contributed by atoms with Gasteiger partial charge in [0.25, 0.3) is 0 Å². The van der Waals surface area contributed by atoms with Crippen molar-refractivity contribution in [1.29, 1.82) is 0 Å². The molecule has 5 atom stereocenters. The molecule has 0 aromatic heterocycles. The van der Waals surface area contributed by atoms with E-state index < -0.39 is 0 Å². The van der Waals surface area contributed by atoms with Crippen LogP contribution >= 0.6 is 0 Å². The first-order chi connectivity index (χ1) is 8.08. The molecule has 5 unspecified atom stereocenters. The summed E-state index contributed by atoms with van der Waals surface area (Å²) in [4.78, 5) is 0. The number of rotatable bonds is 2. The van der Waals surface area contributed by atoms with Gasteiger partial charge in [-0.15, -0.1) is 0 Å². The van der Waals surface area contributed by atoms with E-state index in [0.29, 0.717) is 0 Å². The molecule has 0 amide bonds. The molecule has 2 aliphatic rings. The van der Waals surface area contributed by atoms with Gasteiger partial charge in [-0.3, -0.25) is 0 Å². The van der Waals surface area contributed by atoms with E-state index in [9.17, 15) is 5.11 Å². The Morgan fingerprint density at radius 1 is 1.24 bits per heavy atom. The van der Waals surface area contributed by atoms with Gasteiger partial charge in [-0.05, 0) is 55.3 Å². The van der Waals surface area contributed by atoms with E-state index in [4.69, 9.17) is 5.11 Å². The third-order valence-corrected chi connectivity index (χ3v) is 5.57. The lowest BCUT2D eigenvalue weighted by Gasteiger charge is -2.43. The average molecular weight is 242 g/mol. The molecule has 2 heteroatoms. The molecule has 2 nitrogen and oxygen atoms in total. The van der Waals surface area contributed by atoms with E-state index >= 15 is 0 Å². The van der Waals surface area contributed by atoms with Gasteiger partial charge in [0.1, 0.15) is 0 Å².